The monoisotopic (exact) mass is 506 g/mol. The number of anilines is 1. The van der Waals surface area contributed by atoms with Gasteiger partial charge in [-0.1, -0.05) is 47.5 Å². The Balaban J connectivity index is 1.82. The summed E-state index contributed by atoms with van der Waals surface area (Å²) in [6.07, 6.45) is 0. The predicted octanol–water partition coefficient (Wildman–Crippen LogP) is 6.42. The van der Waals surface area contributed by atoms with Crippen LogP contribution in [0.1, 0.15) is 22.9 Å². The molecule has 1 aliphatic heterocycles. The van der Waals surface area contributed by atoms with Crippen molar-refractivity contribution in [1.82, 2.24) is 4.98 Å². The fourth-order valence-corrected chi connectivity index (χ4v) is 4.99. The summed E-state index contributed by atoms with van der Waals surface area (Å²) in [7, 11) is 1.46. The zero-order valence-electron chi connectivity index (χ0n) is 18.8. The van der Waals surface area contributed by atoms with Gasteiger partial charge in [0.1, 0.15) is 11.5 Å². The number of para-hydroxylation sites is 1. The van der Waals surface area contributed by atoms with E-state index in [2.05, 4.69) is 4.98 Å². The molecule has 2 N–H and O–H groups in total. The second-order valence-corrected chi connectivity index (χ2v) is 9.05. The molecule has 8 heteroatoms. The summed E-state index contributed by atoms with van der Waals surface area (Å²) in [4.78, 5) is 31.6. The Morgan fingerprint density at radius 1 is 1.03 bits per heavy atom. The number of amides is 1. The number of hydrogen-bond acceptors (Lipinski definition) is 4. The average molecular weight is 507 g/mol. The molecule has 1 fully saturated rings. The number of aromatic nitrogens is 1. The van der Waals surface area contributed by atoms with Gasteiger partial charge in [0.05, 0.1) is 23.7 Å². The van der Waals surface area contributed by atoms with Crippen molar-refractivity contribution in [2.75, 3.05) is 12.0 Å². The number of methoxy groups -OCH3 is 1. The first kappa shape index (κ1) is 23.0. The molecule has 3 aromatic carbocycles. The second kappa shape index (κ2) is 8.80. The second-order valence-electron chi connectivity index (χ2n) is 8.21. The van der Waals surface area contributed by atoms with E-state index in [1.165, 1.54) is 18.1 Å². The number of ether oxygens (including phenoxy) is 1. The average Bonchev–Trinajstić information content (AvgIpc) is 3.31. The lowest BCUT2D eigenvalue weighted by atomic mass is 9.93. The maximum Gasteiger partial charge on any atom is 0.300 e. The van der Waals surface area contributed by atoms with Gasteiger partial charge in [-0.05, 0) is 49.4 Å². The number of nitrogens with one attached hydrogen (secondary N) is 1. The van der Waals surface area contributed by atoms with Crippen LogP contribution in [-0.2, 0) is 9.59 Å². The van der Waals surface area contributed by atoms with Crippen LogP contribution >= 0.6 is 23.2 Å². The molecule has 0 bridgehead atoms. The highest BCUT2D eigenvalue weighted by molar-refractivity contribution is 6.52. The molecule has 1 unspecified atom stereocenters. The highest BCUT2D eigenvalue weighted by Gasteiger charge is 2.48. The molecule has 4 aromatic rings. The van der Waals surface area contributed by atoms with Crippen LogP contribution < -0.4 is 9.64 Å². The van der Waals surface area contributed by atoms with Crippen molar-refractivity contribution in [1.29, 1.82) is 0 Å². The van der Waals surface area contributed by atoms with Crippen LogP contribution in [-0.4, -0.2) is 28.9 Å². The number of carbonyl (C=O) groups is 2. The predicted molar refractivity (Wildman–Crippen MR) is 137 cm³/mol. The highest BCUT2D eigenvalue weighted by Crippen LogP contribution is 2.46. The largest absolute Gasteiger partial charge is 0.507 e. The Morgan fingerprint density at radius 3 is 2.54 bits per heavy atom. The third-order valence-electron chi connectivity index (χ3n) is 6.17. The number of halogens is 2. The molecule has 0 radical (unpaired) electrons. The van der Waals surface area contributed by atoms with Crippen LogP contribution in [0.4, 0.5) is 5.69 Å². The molecule has 1 atom stereocenters. The summed E-state index contributed by atoms with van der Waals surface area (Å²) in [5.41, 5.74) is 3.05. The van der Waals surface area contributed by atoms with E-state index >= 15 is 0 Å². The van der Waals surface area contributed by atoms with Crippen molar-refractivity contribution in [3.05, 3.63) is 99.2 Å². The third kappa shape index (κ3) is 3.75. The number of aliphatic hydroxyl groups excluding tert-OH is 1. The van der Waals surface area contributed by atoms with Gasteiger partial charge in [0.15, 0.2) is 0 Å². The standard InChI is InChI=1S/C27H20Cl2N2O4/c1-14-22(18-8-3-4-9-20(18)30-14)24-23(25(32)15-10-11-19(29)21(12-15)35-2)26(33)27(34)31(24)17-7-5-6-16(28)13-17/h3-13,24,30,32H,1-2H3/b25-23+. The number of aromatic amines is 1. The van der Waals surface area contributed by atoms with Gasteiger partial charge in [0.2, 0.25) is 0 Å². The Kier molecular flexibility index (Phi) is 5.79. The number of carbonyl (C=O) groups excluding carboxylic acids is 2. The number of hydrogen-bond donors (Lipinski definition) is 2. The number of fused-ring (bicyclic) bond motifs is 1. The van der Waals surface area contributed by atoms with Gasteiger partial charge in [-0.25, -0.2) is 0 Å². The third-order valence-corrected chi connectivity index (χ3v) is 6.72. The zero-order chi connectivity index (χ0) is 24.9. The first-order chi connectivity index (χ1) is 16.8. The van der Waals surface area contributed by atoms with E-state index in [1.54, 1.807) is 36.4 Å². The van der Waals surface area contributed by atoms with Crippen LogP contribution in [0.5, 0.6) is 5.75 Å². The Bertz CT molecular complexity index is 1540. The summed E-state index contributed by atoms with van der Waals surface area (Å²) in [5.74, 6) is -1.55. The van der Waals surface area contributed by atoms with Crippen molar-refractivity contribution < 1.29 is 19.4 Å². The lowest BCUT2D eigenvalue weighted by Gasteiger charge is -2.26. The lowest BCUT2D eigenvalue weighted by molar-refractivity contribution is -0.132. The summed E-state index contributed by atoms with van der Waals surface area (Å²) in [6.45, 7) is 1.87. The number of H-pyrrole nitrogens is 1. The number of ketones is 1. The molecule has 1 aliphatic rings. The van der Waals surface area contributed by atoms with Crippen LogP contribution in [0.15, 0.2) is 72.3 Å². The number of aryl methyl sites for hydroxylation is 1. The topological polar surface area (TPSA) is 82.6 Å². The number of rotatable bonds is 4. The first-order valence-corrected chi connectivity index (χ1v) is 11.5. The molecule has 1 saturated heterocycles. The van der Waals surface area contributed by atoms with Crippen molar-refractivity contribution >= 4 is 57.2 Å². The number of nitrogens with zero attached hydrogens (tertiary/aromatic N) is 1. The van der Waals surface area contributed by atoms with E-state index in [4.69, 9.17) is 27.9 Å². The highest BCUT2D eigenvalue weighted by atomic mass is 35.5. The quantitative estimate of drug-likeness (QED) is 0.190. The molecule has 176 valence electrons. The number of benzene rings is 3. The molecule has 0 saturated carbocycles. The molecular weight excluding hydrogens is 487 g/mol. The van der Waals surface area contributed by atoms with Crippen molar-refractivity contribution in [2.45, 2.75) is 13.0 Å². The van der Waals surface area contributed by atoms with Crippen molar-refractivity contribution in [2.24, 2.45) is 0 Å². The number of Topliss-reactive ketones (excluding diaryl/α,β-unsaturated/α-hetero) is 1. The van der Waals surface area contributed by atoms with Gasteiger partial charge < -0.3 is 14.8 Å². The summed E-state index contributed by atoms with van der Waals surface area (Å²) in [6, 6.07) is 18.1. The fraction of sp³-hybridized carbons (Fsp3) is 0.111. The SMILES string of the molecule is COc1cc(/C(O)=C2\C(=O)C(=O)N(c3cccc(Cl)c3)C2c2c(C)[nH]c3ccccc23)ccc1Cl. The maximum atomic E-state index is 13.5. The van der Waals surface area contributed by atoms with Gasteiger partial charge in [-0.2, -0.15) is 0 Å². The maximum absolute atomic E-state index is 13.5. The molecule has 6 nitrogen and oxygen atoms in total. The Morgan fingerprint density at radius 2 is 1.80 bits per heavy atom. The molecule has 35 heavy (non-hydrogen) atoms. The van der Waals surface area contributed by atoms with Crippen molar-refractivity contribution in [3.63, 3.8) is 0 Å². The van der Waals surface area contributed by atoms with Gasteiger partial charge in [0, 0.05) is 38.4 Å². The van der Waals surface area contributed by atoms with Crippen LogP contribution in [0.2, 0.25) is 10.0 Å². The molecular formula is C27H20Cl2N2O4. The van der Waals surface area contributed by atoms with E-state index < -0.39 is 17.7 Å². The van der Waals surface area contributed by atoms with Gasteiger partial charge in [-0.15, -0.1) is 0 Å². The van der Waals surface area contributed by atoms with Crippen LogP contribution in [0.25, 0.3) is 16.7 Å². The van der Waals surface area contributed by atoms with Crippen LogP contribution in [0.3, 0.4) is 0 Å². The minimum absolute atomic E-state index is 0.0350. The van der Waals surface area contributed by atoms with Gasteiger partial charge in [0.25, 0.3) is 11.7 Å². The summed E-state index contributed by atoms with van der Waals surface area (Å²) in [5, 5.41) is 13.0. The smallest absolute Gasteiger partial charge is 0.300 e. The zero-order valence-corrected chi connectivity index (χ0v) is 20.3. The Hall–Kier alpha value is -3.74. The lowest BCUT2D eigenvalue weighted by Crippen LogP contribution is -2.29. The van der Waals surface area contributed by atoms with E-state index in [1.807, 2.05) is 31.2 Å². The molecule has 0 aliphatic carbocycles. The first-order valence-electron chi connectivity index (χ1n) is 10.8. The minimum Gasteiger partial charge on any atom is -0.507 e. The van der Waals surface area contributed by atoms with Crippen molar-refractivity contribution in [3.8, 4) is 5.75 Å². The van der Waals surface area contributed by atoms with E-state index in [0.29, 0.717) is 32.6 Å². The van der Waals surface area contributed by atoms with Crippen LogP contribution in [0, 0.1) is 6.92 Å². The molecule has 5 rings (SSSR count). The van der Waals surface area contributed by atoms with E-state index in [-0.39, 0.29) is 11.3 Å². The van der Waals surface area contributed by atoms with Gasteiger partial charge in [-0.3, -0.25) is 14.5 Å². The van der Waals surface area contributed by atoms with E-state index in [9.17, 15) is 14.7 Å². The fourth-order valence-electron chi connectivity index (χ4n) is 4.61. The minimum atomic E-state index is -0.897. The molecule has 1 aromatic heterocycles. The normalized spacial score (nSPS) is 17.4. The van der Waals surface area contributed by atoms with E-state index in [0.717, 1.165) is 16.6 Å². The molecule has 0 spiro atoms. The summed E-state index contributed by atoms with van der Waals surface area (Å²) < 4.78 is 5.28. The number of aliphatic hydroxyl groups is 1. The Labute approximate surface area is 211 Å². The molecule has 2 heterocycles. The molecule has 1 amide bonds. The summed E-state index contributed by atoms with van der Waals surface area (Å²) >= 11 is 12.4. The van der Waals surface area contributed by atoms with Gasteiger partial charge >= 0.3 is 0 Å².